The molecule has 4 rings (SSSR count). The Bertz CT molecular complexity index is 1090. The minimum Gasteiger partial charge on any atom is -0.508 e. The van der Waals surface area contributed by atoms with Crippen LogP contribution >= 0.6 is 0 Å². The number of hydrogen-bond donors (Lipinski definition) is 2. The second-order valence-corrected chi connectivity index (χ2v) is 8.57. The summed E-state index contributed by atoms with van der Waals surface area (Å²) in [6.07, 6.45) is 0.684. The van der Waals surface area contributed by atoms with Gasteiger partial charge in [-0.25, -0.2) is 0 Å². The summed E-state index contributed by atoms with van der Waals surface area (Å²) in [5.41, 5.74) is 1.89. The number of methoxy groups -OCH3 is 1. The first-order valence-corrected chi connectivity index (χ1v) is 11.4. The van der Waals surface area contributed by atoms with Crippen LogP contribution in [0.1, 0.15) is 29.2 Å². The molecule has 0 unspecified atom stereocenters. The highest BCUT2D eigenvalue weighted by atomic mass is 16.5. The number of Topliss-reactive ketones (excluding diaryl/α,β-unsaturated/α-hetero) is 1. The number of ether oxygens (including phenoxy) is 2. The maximum atomic E-state index is 13.2. The zero-order chi connectivity index (χ0) is 24.2. The van der Waals surface area contributed by atoms with E-state index in [1.54, 1.807) is 37.4 Å². The van der Waals surface area contributed by atoms with Crippen LogP contribution in [0.2, 0.25) is 0 Å². The van der Waals surface area contributed by atoms with Crippen molar-refractivity contribution in [3.05, 3.63) is 64.7 Å². The molecule has 180 valence electrons. The molecule has 8 heteroatoms. The number of carbonyl (C=O) groups excluding carboxylic acids is 2. The van der Waals surface area contributed by atoms with Crippen LogP contribution in [0, 0.1) is 6.92 Å². The molecule has 2 fully saturated rings. The molecule has 34 heavy (non-hydrogen) atoms. The first-order chi connectivity index (χ1) is 16.4. The number of aliphatic hydroxyl groups excluding tert-OH is 1. The van der Waals surface area contributed by atoms with Crippen molar-refractivity contribution in [2.75, 3.05) is 46.5 Å². The zero-order valence-electron chi connectivity index (χ0n) is 19.5. The van der Waals surface area contributed by atoms with Gasteiger partial charge in [0.25, 0.3) is 11.7 Å². The summed E-state index contributed by atoms with van der Waals surface area (Å²) < 4.78 is 10.6. The quantitative estimate of drug-likeness (QED) is 0.368. The smallest absolute Gasteiger partial charge is 0.295 e. The number of rotatable bonds is 7. The van der Waals surface area contributed by atoms with Crippen molar-refractivity contribution < 1.29 is 29.3 Å². The van der Waals surface area contributed by atoms with Crippen LogP contribution in [0.4, 0.5) is 0 Å². The van der Waals surface area contributed by atoms with Gasteiger partial charge in [0, 0.05) is 31.7 Å². The fourth-order valence-electron chi connectivity index (χ4n) is 4.58. The number of likely N-dealkylation sites (tertiary alicyclic amines) is 1. The second kappa shape index (κ2) is 10.3. The Kier molecular flexibility index (Phi) is 7.19. The Morgan fingerprint density at radius 1 is 1.09 bits per heavy atom. The van der Waals surface area contributed by atoms with E-state index in [0.717, 1.165) is 25.2 Å². The topological polar surface area (TPSA) is 99.5 Å². The highest BCUT2D eigenvalue weighted by Crippen LogP contribution is 2.40. The normalized spacial score (nSPS) is 20.6. The van der Waals surface area contributed by atoms with Gasteiger partial charge in [0.1, 0.15) is 17.3 Å². The molecule has 0 radical (unpaired) electrons. The number of phenolic OH excluding ortho intramolecular Hbond substituents is 1. The maximum Gasteiger partial charge on any atom is 0.295 e. The molecule has 0 saturated carbocycles. The van der Waals surface area contributed by atoms with Crippen LogP contribution in [0.25, 0.3) is 5.76 Å². The van der Waals surface area contributed by atoms with E-state index in [0.29, 0.717) is 43.1 Å². The zero-order valence-corrected chi connectivity index (χ0v) is 19.5. The third kappa shape index (κ3) is 4.78. The summed E-state index contributed by atoms with van der Waals surface area (Å²) in [6, 6.07) is 10.8. The molecule has 8 nitrogen and oxygen atoms in total. The molecule has 0 aromatic heterocycles. The summed E-state index contributed by atoms with van der Waals surface area (Å²) in [6.45, 7) is 6.04. The Hall–Kier alpha value is -3.36. The van der Waals surface area contributed by atoms with Gasteiger partial charge >= 0.3 is 0 Å². The van der Waals surface area contributed by atoms with Crippen LogP contribution in [0.5, 0.6) is 11.5 Å². The van der Waals surface area contributed by atoms with E-state index in [2.05, 4.69) is 4.90 Å². The van der Waals surface area contributed by atoms with Gasteiger partial charge in [-0.1, -0.05) is 12.1 Å². The summed E-state index contributed by atoms with van der Waals surface area (Å²) in [5, 5.41) is 21.0. The number of aryl methyl sites for hydroxylation is 1. The molecule has 2 aliphatic heterocycles. The Morgan fingerprint density at radius 2 is 1.79 bits per heavy atom. The molecule has 1 atom stereocenters. The maximum absolute atomic E-state index is 13.2. The molecule has 0 spiro atoms. The van der Waals surface area contributed by atoms with Crippen molar-refractivity contribution in [3.63, 3.8) is 0 Å². The van der Waals surface area contributed by atoms with Gasteiger partial charge < -0.3 is 24.6 Å². The van der Waals surface area contributed by atoms with Crippen LogP contribution in [0.15, 0.2) is 48.0 Å². The predicted molar refractivity (Wildman–Crippen MR) is 127 cm³/mol. The van der Waals surface area contributed by atoms with Gasteiger partial charge in [-0.2, -0.15) is 0 Å². The van der Waals surface area contributed by atoms with Crippen LogP contribution in [-0.4, -0.2) is 78.2 Å². The van der Waals surface area contributed by atoms with Crippen LogP contribution in [0.3, 0.4) is 0 Å². The molecule has 2 aromatic carbocycles. The molecule has 2 N–H and O–H groups in total. The third-order valence-corrected chi connectivity index (χ3v) is 6.41. The van der Waals surface area contributed by atoms with E-state index in [9.17, 15) is 19.8 Å². The fraction of sp³-hybridized carbons (Fsp3) is 0.385. The largest absolute Gasteiger partial charge is 0.508 e. The van der Waals surface area contributed by atoms with E-state index < -0.39 is 17.7 Å². The number of hydrogen-bond acceptors (Lipinski definition) is 7. The Morgan fingerprint density at radius 3 is 2.44 bits per heavy atom. The number of nitrogens with zero attached hydrogens (tertiary/aromatic N) is 2. The molecular weight excluding hydrogens is 436 g/mol. The summed E-state index contributed by atoms with van der Waals surface area (Å²) in [5.74, 6) is -0.844. The first-order valence-electron chi connectivity index (χ1n) is 11.4. The van der Waals surface area contributed by atoms with Gasteiger partial charge in [0.2, 0.25) is 0 Å². The number of morpholine rings is 1. The molecule has 2 aliphatic rings. The average Bonchev–Trinajstić information content (AvgIpc) is 3.09. The number of ketones is 1. The minimum absolute atomic E-state index is 0.0512. The Labute approximate surface area is 199 Å². The van der Waals surface area contributed by atoms with Crippen molar-refractivity contribution in [3.8, 4) is 11.5 Å². The Balaban J connectivity index is 1.69. The van der Waals surface area contributed by atoms with E-state index in [4.69, 9.17) is 9.47 Å². The predicted octanol–water partition coefficient (Wildman–Crippen LogP) is 2.85. The van der Waals surface area contributed by atoms with E-state index in [1.165, 1.54) is 17.0 Å². The molecular formula is C26H30N2O6. The fourth-order valence-corrected chi connectivity index (χ4v) is 4.58. The molecule has 2 heterocycles. The number of aliphatic hydroxyl groups is 1. The number of amides is 1. The lowest BCUT2D eigenvalue weighted by molar-refractivity contribution is -0.140. The standard InChI is InChI=1S/C26H30N2O6/c1-17-16-20(33-2)8-9-21(17)24(30)22-23(18-4-6-19(29)7-5-18)28(26(32)25(22)31)11-3-10-27-12-14-34-15-13-27/h4-9,16,23,29-30H,3,10-15H2,1-2H3/b24-22+/t23-/m1/s1. The number of benzene rings is 2. The van der Waals surface area contributed by atoms with Crippen molar-refractivity contribution >= 4 is 17.4 Å². The van der Waals surface area contributed by atoms with Crippen molar-refractivity contribution in [1.82, 2.24) is 9.80 Å². The van der Waals surface area contributed by atoms with Crippen molar-refractivity contribution in [2.45, 2.75) is 19.4 Å². The second-order valence-electron chi connectivity index (χ2n) is 8.57. The molecule has 2 saturated heterocycles. The third-order valence-electron chi connectivity index (χ3n) is 6.41. The van der Waals surface area contributed by atoms with Gasteiger partial charge in [0.05, 0.1) is 31.9 Å². The monoisotopic (exact) mass is 466 g/mol. The van der Waals surface area contributed by atoms with Crippen molar-refractivity contribution in [1.29, 1.82) is 0 Å². The van der Waals surface area contributed by atoms with E-state index >= 15 is 0 Å². The molecule has 1 amide bonds. The lowest BCUT2D eigenvalue weighted by atomic mass is 9.93. The minimum atomic E-state index is -0.744. The van der Waals surface area contributed by atoms with Crippen LogP contribution in [-0.2, 0) is 14.3 Å². The van der Waals surface area contributed by atoms with E-state index in [-0.39, 0.29) is 17.1 Å². The average molecular weight is 467 g/mol. The number of aromatic hydroxyl groups is 1. The SMILES string of the molecule is COc1ccc(/C(O)=C2\C(=O)C(=O)N(CCCN3CCOCC3)[C@@H]2c2ccc(O)cc2)c(C)c1. The summed E-state index contributed by atoms with van der Waals surface area (Å²) >= 11 is 0. The lowest BCUT2D eigenvalue weighted by Crippen LogP contribution is -2.38. The number of carbonyl (C=O) groups is 2. The number of phenols is 1. The summed E-state index contributed by atoms with van der Waals surface area (Å²) in [7, 11) is 1.56. The van der Waals surface area contributed by atoms with Gasteiger partial charge in [-0.3, -0.25) is 14.5 Å². The first kappa shape index (κ1) is 23.8. The molecule has 2 aromatic rings. The van der Waals surface area contributed by atoms with Gasteiger partial charge in [0.15, 0.2) is 0 Å². The van der Waals surface area contributed by atoms with Gasteiger partial charge in [-0.15, -0.1) is 0 Å². The summed E-state index contributed by atoms with van der Waals surface area (Å²) in [4.78, 5) is 30.1. The lowest BCUT2D eigenvalue weighted by Gasteiger charge is -2.29. The van der Waals surface area contributed by atoms with E-state index in [1.807, 2.05) is 6.92 Å². The highest BCUT2D eigenvalue weighted by molar-refractivity contribution is 6.46. The van der Waals surface area contributed by atoms with Gasteiger partial charge in [-0.05, 0) is 54.8 Å². The highest BCUT2D eigenvalue weighted by Gasteiger charge is 2.46. The van der Waals surface area contributed by atoms with Crippen LogP contribution < -0.4 is 4.74 Å². The van der Waals surface area contributed by atoms with Crippen molar-refractivity contribution in [2.24, 2.45) is 0 Å². The molecule has 0 bridgehead atoms. The molecule has 0 aliphatic carbocycles.